The molecule has 2 aromatic heterocycles. The van der Waals surface area contributed by atoms with Crippen molar-refractivity contribution in [1.82, 2.24) is 20.2 Å². The minimum atomic E-state index is -1.15. The molecule has 1 aliphatic heterocycles. The number of carbonyl (C=O) groups is 2. The SMILES string of the molecule is Cc1cc(NC(C)(C)C)ncc1-c1sc(C(=O)NC(C)(C)C(C)(C)O)nc1C(=O)N1CCC[C@@H]1C. The maximum absolute atomic E-state index is 13.6. The summed E-state index contributed by atoms with van der Waals surface area (Å²) in [7, 11) is 0. The zero-order chi connectivity index (χ0) is 26.3. The van der Waals surface area contributed by atoms with Crippen molar-refractivity contribution in [3.8, 4) is 10.4 Å². The number of anilines is 1. The average Bonchev–Trinajstić information content (AvgIpc) is 3.32. The number of hydrogen-bond acceptors (Lipinski definition) is 7. The molecule has 1 saturated heterocycles. The Bertz CT molecular complexity index is 1110. The molecule has 0 saturated carbocycles. The Kier molecular flexibility index (Phi) is 7.35. The van der Waals surface area contributed by atoms with Crippen LogP contribution in [0.3, 0.4) is 0 Å². The molecular weight excluding hydrogens is 462 g/mol. The summed E-state index contributed by atoms with van der Waals surface area (Å²) < 4.78 is 0. The second-order valence-corrected chi connectivity index (χ2v) is 12.6. The van der Waals surface area contributed by atoms with E-state index >= 15 is 0 Å². The van der Waals surface area contributed by atoms with Crippen molar-refractivity contribution in [2.45, 2.75) is 97.9 Å². The first-order valence-electron chi connectivity index (χ1n) is 12.1. The molecule has 2 amide bonds. The van der Waals surface area contributed by atoms with E-state index in [2.05, 4.69) is 41.4 Å². The Hall–Kier alpha value is -2.52. The highest BCUT2D eigenvalue weighted by atomic mass is 32.1. The number of aromatic nitrogens is 2. The van der Waals surface area contributed by atoms with Crippen LogP contribution in [0.4, 0.5) is 5.82 Å². The number of rotatable bonds is 6. The van der Waals surface area contributed by atoms with Crippen LogP contribution in [0.5, 0.6) is 0 Å². The van der Waals surface area contributed by atoms with E-state index in [9.17, 15) is 14.7 Å². The number of likely N-dealkylation sites (tertiary alicyclic amines) is 1. The number of pyridine rings is 1. The van der Waals surface area contributed by atoms with Crippen molar-refractivity contribution in [2.24, 2.45) is 0 Å². The molecule has 1 atom stereocenters. The highest BCUT2D eigenvalue weighted by molar-refractivity contribution is 7.17. The number of hydrogen-bond donors (Lipinski definition) is 3. The average molecular weight is 502 g/mol. The van der Waals surface area contributed by atoms with Crippen molar-refractivity contribution in [2.75, 3.05) is 11.9 Å². The van der Waals surface area contributed by atoms with Gasteiger partial charge in [-0.2, -0.15) is 0 Å². The number of thiazole rings is 1. The normalized spacial score (nSPS) is 17.0. The van der Waals surface area contributed by atoms with Crippen LogP contribution >= 0.6 is 11.3 Å². The summed E-state index contributed by atoms with van der Waals surface area (Å²) in [6.45, 7) is 17.7. The van der Waals surface area contributed by atoms with Gasteiger partial charge in [0.05, 0.1) is 16.0 Å². The van der Waals surface area contributed by atoms with Gasteiger partial charge in [0, 0.05) is 29.9 Å². The van der Waals surface area contributed by atoms with Crippen molar-refractivity contribution in [3.63, 3.8) is 0 Å². The molecule has 35 heavy (non-hydrogen) atoms. The summed E-state index contributed by atoms with van der Waals surface area (Å²) in [5.74, 6) is 0.154. The molecule has 3 heterocycles. The first kappa shape index (κ1) is 27.1. The van der Waals surface area contributed by atoms with Gasteiger partial charge in [-0.15, -0.1) is 11.3 Å². The largest absolute Gasteiger partial charge is 0.388 e. The third-order valence-corrected chi connectivity index (χ3v) is 7.74. The van der Waals surface area contributed by atoms with Gasteiger partial charge >= 0.3 is 0 Å². The fourth-order valence-corrected chi connectivity index (χ4v) is 4.88. The zero-order valence-corrected chi connectivity index (χ0v) is 23.2. The van der Waals surface area contributed by atoms with Crippen molar-refractivity contribution >= 4 is 29.0 Å². The number of aryl methyl sites for hydroxylation is 1. The zero-order valence-electron chi connectivity index (χ0n) is 22.4. The van der Waals surface area contributed by atoms with Crippen LogP contribution in [0.2, 0.25) is 0 Å². The highest BCUT2D eigenvalue weighted by Gasteiger charge is 2.38. The number of carbonyl (C=O) groups excluding carboxylic acids is 2. The Balaban J connectivity index is 2.05. The van der Waals surface area contributed by atoms with Gasteiger partial charge in [0.25, 0.3) is 11.8 Å². The van der Waals surface area contributed by atoms with Crippen LogP contribution in [0.25, 0.3) is 10.4 Å². The fraction of sp³-hybridized carbons (Fsp3) is 0.615. The second-order valence-electron chi connectivity index (χ2n) is 11.6. The highest BCUT2D eigenvalue weighted by Crippen LogP contribution is 2.35. The van der Waals surface area contributed by atoms with E-state index in [1.807, 2.05) is 24.8 Å². The van der Waals surface area contributed by atoms with Crippen molar-refractivity contribution < 1.29 is 14.7 Å². The molecule has 9 heteroatoms. The van der Waals surface area contributed by atoms with Gasteiger partial charge < -0.3 is 20.6 Å². The van der Waals surface area contributed by atoms with Gasteiger partial charge in [-0.05, 0) is 86.8 Å². The topological polar surface area (TPSA) is 107 Å². The quantitative estimate of drug-likeness (QED) is 0.533. The fourth-order valence-electron chi connectivity index (χ4n) is 3.85. The van der Waals surface area contributed by atoms with Crippen LogP contribution in [0.15, 0.2) is 12.3 Å². The Morgan fingerprint density at radius 2 is 1.83 bits per heavy atom. The first-order chi connectivity index (χ1) is 16.0. The number of amides is 2. The number of aliphatic hydroxyl groups is 1. The standard InChI is InChI=1S/C26H39N5O3S/c1-15-13-18(29-24(3,4)5)27-14-17(15)20-19(23(33)31-12-10-11-16(31)2)28-22(35-20)21(32)30-25(6,7)26(8,9)34/h13-14,16,34H,10-12H2,1-9H3,(H,27,29)(H,30,32)/t16-/m0/s1. The van der Waals surface area contributed by atoms with E-state index in [-0.39, 0.29) is 28.2 Å². The molecule has 8 nitrogen and oxygen atoms in total. The Labute approximate surface area is 212 Å². The summed E-state index contributed by atoms with van der Waals surface area (Å²) in [5, 5.41) is 16.9. The van der Waals surface area contributed by atoms with Crippen molar-refractivity contribution in [3.05, 3.63) is 28.5 Å². The van der Waals surface area contributed by atoms with Crippen LogP contribution in [-0.4, -0.2) is 61.1 Å². The van der Waals surface area contributed by atoms with Crippen LogP contribution in [0, 0.1) is 6.92 Å². The molecule has 1 fully saturated rings. The van der Waals surface area contributed by atoms with Gasteiger partial charge in [-0.3, -0.25) is 9.59 Å². The van der Waals surface area contributed by atoms with Crippen LogP contribution in [0.1, 0.15) is 94.1 Å². The van der Waals surface area contributed by atoms with E-state index in [1.165, 1.54) is 11.3 Å². The minimum Gasteiger partial charge on any atom is -0.388 e. The summed E-state index contributed by atoms with van der Waals surface area (Å²) in [4.78, 5) is 38.3. The lowest BCUT2D eigenvalue weighted by atomic mass is 9.86. The summed E-state index contributed by atoms with van der Waals surface area (Å²) in [5.41, 5.74) is -0.210. The Morgan fingerprint density at radius 1 is 1.17 bits per heavy atom. The summed E-state index contributed by atoms with van der Waals surface area (Å²) in [6, 6.07) is 2.07. The molecule has 0 aliphatic carbocycles. The minimum absolute atomic E-state index is 0.126. The number of nitrogens with one attached hydrogen (secondary N) is 2. The van der Waals surface area contributed by atoms with Gasteiger partial charge in [0.1, 0.15) is 11.5 Å². The van der Waals surface area contributed by atoms with Crippen molar-refractivity contribution in [1.29, 1.82) is 0 Å². The first-order valence-corrected chi connectivity index (χ1v) is 12.9. The van der Waals surface area contributed by atoms with Gasteiger partial charge in [0.2, 0.25) is 0 Å². The third-order valence-electron chi connectivity index (χ3n) is 6.65. The molecule has 3 rings (SSSR count). The molecule has 2 aromatic rings. The molecular formula is C26H39N5O3S. The van der Waals surface area contributed by atoms with Gasteiger partial charge in [-0.25, -0.2) is 9.97 Å². The molecule has 0 spiro atoms. The van der Waals surface area contributed by atoms with Crippen LogP contribution < -0.4 is 10.6 Å². The lowest BCUT2D eigenvalue weighted by molar-refractivity contribution is -0.00293. The molecule has 1 aliphatic rings. The third kappa shape index (κ3) is 6.01. The maximum atomic E-state index is 13.6. The summed E-state index contributed by atoms with van der Waals surface area (Å²) >= 11 is 1.18. The van der Waals surface area contributed by atoms with E-state index < -0.39 is 17.0 Å². The number of nitrogens with zero attached hydrogens (tertiary/aromatic N) is 3. The van der Waals surface area contributed by atoms with E-state index in [1.54, 1.807) is 33.9 Å². The van der Waals surface area contributed by atoms with E-state index in [4.69, 9.17) is 0 Å². The lowest BCUT2D eigenvalue weighted by Gasteiger charge is -2.37. The van der Waals surface area contributed by atoms with Gasteiger partial charge in [-0.1, -0.05) is 0 Å². The van der Waals surface area contributed by atoms with Crippen LogP contribution in [-0.2, 0) is 0 Å². The molecule has 192 valence electrons. The second kappa shape index (κ2) is 9.50. The molecule has 0 radical (unpaired) electrons. The molecule has 3 N–H and O–H groups in total. The monoisotopic (exact) mass is 501 g/mol. The van der Waals surface area contributed by atoms with E-state index in [0.717, 1.165) is 29.8 Å². The maximum Gasteiger partial charge on any atom is 0.280 e. The molecule has 0 unspecified atom stereocenters. The smallest absolute Gasteiger partial charge is 0.280 e. The van der Waals surface area contributed by atoms with E-state index in [0.29, 0.717) is 11.4 Å². The predicted molar refractivity (Wildman–Crippen MR) is 141 cm³/mol. The molecule has 0 aromatic carbocycles. The predicted octanol–water partition coefficient (Wildman–Crippen LogP) is 4.63. The lowest BCUT2D eigenvalue weighted by Crippen LogP contribution is -2.57. The Morgan fingerprint density at radius 3 is 2.34 bits per heavy atom. The van der Waals surface area contributed by atoms with Gasteiger partial charge in [0.15, 0.2) is 5.01 Å². The summed E-state index contributed by atoms with van der Waals surface area (Å²) in [6.07, 6.45) is 3.64. The molecule has 0 bridgehead atoms.